The van der Waals surface area contributed by atoms with E-state index in [9.17, 15) is 0 Å². The maximum absolute atomic E-state index is 4.67. The van der Waals surface area contributed by atoms with Crippen LogP contribution in [0.1, 0.15) is 25.5 Å². The van der Waals surface area contributed by atoms with E-state index in [2.05, 4.69) is 41.3 Å². The van der Waals surface area contributed by atoms with Crippen molar-refractivity contribution in [3.63, 3.8) is 0 Å². The maximum atomic E-state index is 4.67. The van der Waals surface area contributed by atoms with Crippen molar-refractivity contribution < 1.29 is 0 Å². The molecule has 0 fully saturated rings. The molecular formula is C15H14N2S. The number of para-hydroxylation sites is 1. The van der Waals surface area contributed by atoms with Crippen molar-refractivity contribution in [3.05, 3.63) is 47.5 Å². The van der Waals surface area contributed by atoms with E-state index in [0.717, 1.165) is 21.9 Å². The Hall–Kier alpha value is -1.74. The van der Waals surface area contributed by atoms with E-state index in [0.29, 0.717) is 5.92 Å². The van der Waals surface area contributed by atoms with E-state index in [1.165, 1.54) is 5.39 Å². The van der Waals surface area contributed by atoms with Gasteiger partial charge >= 0.3 is 0 Å². The predicted octanol–water partition coefficient (Wildman–Crippen LogP) is 4.48. The molecule has 0 radical (unpaired) electrons. The van der Waals surface area contributed by atoms with Gasteiger partial charge in [0.2, 0.25) is 0 Å². The van der Waals surface area contributed by atoms with Gasteiger partial charge in [-0.2, -0.15) is 0 Å². The van der Waals surface area contributed by atoms with Gasteiger partial charge in [-0.25, -0.2) is 9.97 Å². The molecular weight excluding hydrogens is 240 g/mol. The fourth-order valence-electron chi connectivity index (χ4n) is 1.85. The van der Waals surface area contributed by atoms with E-state index in [4.69, 9.17) is 0 Å². The minimum Gasteiger partial charge on any atom is -0.245 e. The Balaban J connectivity index is 2.07. The fraction of sp³-hybridized carbons (Fsp3) is 0.200. The van der Waals surface area contributed by atoms with Crippen LogP contribution in [0.5, 0.6) is 0 Å². The SMILES string of the molecule is CC(C)c1csc(-c2ccc3ccccc3n2)n1. The highest BCUT2D eigenvalue weighted by atomic mass is 32.1. The first-order valence-corrected chi connectivity index (χ1v) is 6.93. The summed E-state index contributed by atoms with van der Waals surface area (Å²) in [5, 5.41) is 4.29. The quantitative estimate of drug-likeness (QED) is 0.673. The zero-order chi connectivity index (χ0) is 12.5. The molecule has 2 nitrogen and oxygen atoms in total. The van der Waals surface area contributed by atoms with E-state index in [1.807, 2.05) is 24.3 Å². The van der Waals surface area contributed by atoms with Crippen LogP contribution in [0.15, 0.2) is 41.8 Å². The second-order valence-corrected chi connectivity index (χ2v) is 5.48. The Bertz CT molecular complexity index is 686. The first-order chi connectivity index (χ1) is 8.74. The van der Waals surface area contributed by atoms with E-state index < -0.39 is 0 Å². The molecule has 3 heteroatoms. The largest absolute Gasteiger partial charge is 0.245 e. The molecule has 0 N–H and O–H groups in total. The fourth-order valence-corrected chi connectivity index (χ4v) is 2.80. The molecule has 0 amide bonds. The van der Waals surface area contributed by atoms with Crippen molar-refractivity contribution in [2.75, 3.05) is 0 Å². The predicted molar refractivity (Wildman–Crippen MR) is 76.9 cm³/mol. The average Bonchev–Trinajstić information content (AvgIpc) is 2.88. The van der Waals surface area contributed by atoms with Crippen LogP contribution in [-0.2, 0) is 0 Å². The molecule has 1 aromatic carbocycles. The summed E-state index contributed by atoms with van der Waals surface area (Å²) < 4.78 is 0. The molecule has 0 aliphatic rings. The van der Waals surface area contributed by atoms with Gasteiger partial charge in [-0.05, 0) is 18.1 Å². The lowest BCUT2D eigenvalue weighted by Gasteiger charge is -2.00. The molecule has 3 rings (SSSR count). The molecule has 0 saturated carbocycles. The molecule has 2 aromatic heterocycles. The number of hydrogen-bond acceptors (Lipinski definition) is 3. The molecule has 0 atom stereocenters. The number of nitrogens with zero attached hydrogens (tertiary/aromatic N) is 2. The second kappa shape index (κ2) is 4.50. The number of benzene rings is 1. The first-order valence-electron chi connectivity index (χ1n) is 6.05. The summed E-state index contributed by atoms with van der Waals surface area (Å²) in [5.74, 6) is 0.468. The second-order valence-electron chi connectivity index (χ2n) is 4.62. The Morgan fingerprint density at radius 3 is 2.61 bits per heavy atom. The van der Waals surface area contributed by atoms with E-state index >= 15 is 0 Å². The summed E-state index contributed by atoms with van der Waals surface area (Å²) in [4.78, 5) is 9.31. The Morgan fingerprint density at radius 2 is 1.83 bits per heavy atom. The average molecular weight is 254 g/mol. The van der Waals surface area contributed by atoms with Crippen LogP contribution in [0.4, 0.5) is 0 Å². The van der Waals surface area contributed by atoms with Gasteiger partial charge in [-0.3, -0.25) is 0 Å². The van der Waals surface area contributed by atoms with Gasteiger partial charge in [0, 0.05) is 10.8 Å². The lowest BCUT2D eigenvalue weighted by atomic mass is 10.2. The third kappa shape index (κ3) is 2.02. The molecule has 0 spiro atoms. The Morgan fingerprint density at radius 1 is 1.00 bits per heavy atom. The summed E-state index contributed by atoms with van der Waals surface area (Å²) in [6.45, 7) is 4.32. The molecule has 18 heavy (non-hydrogen) atoms. The molecule has 0 bridgehead atoms. The number of hydrogen-bond donors (Lipinski definition) is 0. The first kappa shape index (κ1) is 11.4. The van der Waals surface area contributed by atoms with Gasteiger partial charge in [0.15, 0.2) is 0 Å². The van der Waals surface area contributed by atoms with Crippen LogP contribution in [0.25, 0.3) is 21.6 Å². The maximum Gasteiger partial charge on any atom is 0.142 e. The van der Waals surface area contributed by atoms with Crippen LogP contribution in [0.3, 0.4) is 0 Å². The topological polar surface area (TPSA) is 25.8 Å². The highest BCUT2D eigenvalue weighted by molar-refractivity contribution is 7.13. The summed E-state index contributed by atoms with van der Waals surface area (Å²) in [5.41, 5.74) is 3.13. The lowest BCUT2D eigenvalue weighted by molar-refractivity contribution is 0.834. The highest BCUT2D eigenvalue weighted by Crippen LogP contribution is 2.26. The number of pyridine rings is 1. The molecule has 0 aliphatic heterocycles. The van der Waals surface area contributed by atoms with Crippen molar-refractivity contribution >= 4 is 22.2 Å². The van der Waals surface area contributed by atoms with Crippen LogP contribution in [0.2, 0.25) is 0 Å². The Labute approximate surface area is 110 Å². The normalized spacial score (nSPS) is 11.3. The van der Waals surface area contributed by atoms with Crippen molar-refractivity contribution in [1.82, 2.24) is 9.97 Å². The lowest BCUT2D eigenvalue weighted by Crippen LogP contribution is -1.88. The van der Waals surface area contributed by atoms with Crippen LogP contribution >= 0.6 is 11.3 Å². The summed E-state index contributed by atoms with van der Waals surface area (Å²) >= 11 is 1.67. The summed E-state index contributed by atoms with van der Waals surface area (Å²) in [6.07, 6.45) is 0. The van der Waals surface area contributed by atoms with Gasteiger partial charge < -0.3 is 0 Å². The highest BCUT2D eigenvalue weighted by Gasteiger charge is 2.08. The van der Waals surface area contributed by atoms with Crippen LogP contribution in [0, 0.1) is 0 Å². The number of rotatable bonds is 2. The Kier molecular flexibility index (Phi) is 2.84. The van der Waals surface area contributed by atoms with Gasteiger partial charge in [0.05, 0.1) is 16.9 Å². The van der Waals surface area contributed by atoms with Crippen molar-refractivity contribution in [2.24, 2.45) is 0 Å². The third-order valence-electron chi connectivity index (χ3n) is 2.93. The number of aromatic nitrogens is 2. The van der Waals surface area contributed by atoms with Crippen molar-refractivity contribution in [1.29, 1.82) is 0 Å². The molecule has 2 heterocycles. The number of thiazole rings is 1. The van der Waals surface area contributed by atoms with Crippen LogP contribution in [-0.4, -0.2) is 9.97 Å². The van der Waals surface area contributed by atoms with Crippen LogP contribution < -0.4 is 0 Å². The summed E-state index contributed by atoms with van der Waals surface area (Å²) in [6, 6.07) is 12.3. The zero-order valence-electron chi connectivity index (χ0n) is 10.4. The van der Waals surface area contributed by atoms with Gasteiger partial charge in [0.1, 0.15) is 5.01 Å². The van der Waals surface area contributed by atoms with E-state index in [-0.39, 0.29) is 0 Å². The van der Waals surface area contributed by atoms with Crippen molar-refractivity contribution in [2.45, 2.75) is 19.8 Å². The van der Waals surface area contributed by atoms with Gasteiger partial charge in [0.25, 0.3) is 0 Å². The zero-order valence-corrected chi connectivity index (χ0v) is 11.2. The molecule has 3 aromatic rings. The third-order valence-corrected chi connectivity index (χ3v) is 3.81. The standard InChI is InChI=1S/C15H14N2S/c1-10(2)14-9-18-15(17-14)13-8-7-11-5-3-4-6-12(11)16-13/h3-10H,1-2H3. The molecule has 0 unspecified atom stereocenters. The molecule has 90 valence electrons. The van der Waals surface area contributed by atoms with Gasteiger partial charge in [-0.1, -0.05) is 38.1 Å². The molecule has 0 aliphatic carbocycles. The molecule has 0 saturated heterocycles. The van der Waals surface area contributed by atoms with Crippen molar-refractivity contribution in [3.8, 4) is 10.7 Å². The smallest absolute Gasteiger partial charge is 0.142 e. The van der Waals surface area contributed by atoms with Gasteiger partial charge in [-0.15, -0.1) is 11.3 Å². The minimum absolute atomic E-state index is 0.468. The minimum atomic E-state index is 0.468. The van der Waals surface area contributed by atoms with E-state index in [1.54, 1.807) is 11.3 Å². The summed E-state index contributed by atoms with van der Waals surface area (Å²) in [7, 11) is 0. The number of fused-ring (bicyclic) bond motifs is 1. The monoisotopic (exact) mass is 254 g/mol.